The lowest BCUT2D eigenvalue weighted by atomic mass is 10.2. The van der Waals surface area contributed by atoms with Gasteiger partial charge in [-0.05, 0) is 37.8 Å². The standard InChI is InChI=1S/C14H15N3O3/c1-8(9-4-5-9)16-11(18)7-17-13(19)10-3-2-6-15-12(10)14(17)20/h2-3,6,8-9H,4-5,7H2,1H3,(H,16,18). The van der Waals surface area contributed by atoms with Crippen molar-refractivity contribution in [2.75, 3.05) is 6.54 Å². The number of rotatable bonds is 4. The number of amides is 3. The van der Waals surface area contributed by atoms with E-state index < -0.39 is 11.8 Å². The Kier molecular flexibility index (Phi) is 3.00. The fraction of sp³-hybridized carbons (Fsp3) is 0.429. The Labute approximate surface area is 116 Å². The van der Waals surface area contributed by atoms with E-state index >= 15 is 0 Å². The van der Waals surface area contributed by atoms with Crippen molar-refractivity contribution in [3.63, 3.8) is 0 Å². The first-order chi connectivity index (χ1) is 9.58. The molecular formula is C14H15N3O3. The molecule has 6 nitrogen and oxygen atoms in total. The molecule has 1 aromatic rings. The normalized spacial score (nSPS) is 18.9. The zero-order chi connectivity index (χ0) is 14.3. The minimum Gasteiger partial charge on any atom is -0.352 e. The molecule has 1 aliphatic heterocycles. The van der Waals surface area contributed by atoms with Crippen molar-refractivity contribution in [1.82, 2.24) is 15.2 Å². The Bertz CT molecular complexity index is 560. The third-order valence-corrected chi connectivity index (χ3v) is 3.75. The zero-order valence-corrected chi connectivity index (χ0v) is 11.1. The van der Waals surface area contributed by atoms with Crippen molar-refractivity contribution in [2.24, 2.45) is 5.92 Å². The minimum atomic E-state index is -0.500. The predicted molar refractivity (Wildman–Crippen MR) is 69.9 cm³/mol. The summed E-state index contributed by atoms with van der Waals surface area (Å²) in [7, 11) is 0. The second-order valence-corrected chi connectivity index (χ2v) is 5.29. The summed E-state index contributed by atoms with van der Waals surface area (Å²) >= 11 is 0. The first kappa shape index (κ1) is 12.8. The summed E-state index contributed by atoms with van der Waals surface area (Å²) in [4.78, 5) is 40.9. The number of hydrogen-bond donors (Lipinski definition) is 1. The molecule has 6 heteroatoms. The second-order valence-electron chi connectivity index (χ2n) is 5.29. The van der Waals surface area contributed by atoms with Crippen LogP contribution in [0.5, 0.6) is 0 Å². The van der Waals surface area contributed by atoms with Crippen LogP contribution in [0.2, 0.25) is 0 Å². The third kappa shape index (κ3) is 2.17. The maximum Gasteiger partial charge on any atom is 0.280 e. The van der Waals surface area contributed by atoms with E-state index in [1.54, 1.807) is 12.1 Å². The van der Waals surface area contributed by atoms with Gasteiger partial charge in [0.15, 0.2) is 0 Å². The van der Waals surface area contributed by atoms with Gasteiger partial charge in [0.2, 0.25) is 5.91 Å². The number of carbonyl (C=O) groups is 3. The van der Waals surface area contributed by atoms with Crippen molar-refractivity contribution in [3.8, 4) is 0 Å². The largest absolute Gasteiger partial charge is 0.352 e. The van der Waals surface area contributed by atoms with Crippen LogP contribution in [-0.4, -0.2) is 40.2 Å². The molecule has 20 heavy (non-hydrogen) atoms. The minimum absolute atomic E-state index is 0.0933. The molecule has 0 radical (unpaired) electrons. The molecule has 0 spiro atoms. The van der Waals surface area contributed by atoms with Crippen LogP contribution in [0.1, 0.15) is 40.6 Å². The lowest BCUT2D eigenvalue weighted by Gasteiger charge is -2.16. The monoisotopic (exact) mass is 273 g/mol. The Morgan fingerprint density at radius 3 is 2.85 bits per heavy atom. The molecule has 1 atom stereocenters. The maximum atomic E-state index is 12.1. The van der Waals surface area contributed by atoms with Crippen LogP contribution >= 0.6 is 0 Å². The van der Waals surface area contributed by atoms with Crippen molar-refractivity contribution in [2.45, 2.75) is 25.8 Å². The molecule has 2 aliphatic rings. The van der Waals surface area contributed by atoms with Crippen LogP contribution in [0.4, 0.5) is 0 Å². The summed E-state index contributed by atoms with van der Waals surface area (Å²) in [6, 6.07) is 3.24. The number of pyridine rings is 1. The van der Waals surface area contributed by atoms with E-state index in [4.69, 9.17) is 0 Å². The fourth-order valence-electron chi connectivity index (χ4n) is 2.41. The molecule has 3 rings (SSSR count). The van der Waals surface area contributed by atoms with E-state index in [-0.39, 0.29) is 29.8 Å². The number of nitrogens with zero attached hydrogens (tertiary/aromatic N) is 2. The smallest absolute Gasteiger partial charge is 0.280 e. The number of fused-ring (bicyclic) bond motifs is 1. The quantitative estimate of drug-likeness (QED) is 0.814. The van der Waals surface area contributed by atoms with Crippen LogP contribution in [0.3, 0.4) is 0 Å². The molecule has 1 saturated carbocycles. The summed E-state index contributed by atoms with van der Waals surface area (Å²) in [5.41, 5.74) is 0.390. The van der Waals surface area contributed by atoms with Gasteiger partial charge in [-0.25, -0.2) is 0 Å². The second kappa shape index (κ2) is 4.70. The average Bonchev–Trinajstić information content (AvgIpc) is 3.25. The molecule has 0 saturated heterocycles. The molecule has 1 N–H and O–H groups in total. The molecular weight excluding hydrogens is 258 g/mol. The molecule has 0 aromatic carbocycles. The summed E-state index contributed by atoms with van der Waals surface area (Å²) < 4.78 is 0. The van der Waals surface area contributed by atoms with E-state index in [9.17, 15) is 14.4 Å². The first-order valence-corrected chi connectivity index (χ1v) is 6.68. The molecule has 1 fully saturated rings. The lowest BCUT2D eigenvalue weighted by Crippen LogP contribution is -2.43. The Hall–Kier alpha value is -2.24. The van der Waals surface area contributed by atoms with Crippen LogP contribution in [0.15, 0.2) is 18.3 Å². The molecule has 104 valence electrons. The molecule has 1 aliphatic carbocycles. The summed E-state index contributed by atoms with van der Waals surface area (Å²) in [6.45, 7) is 1.70. The third-order valence-electron chi connectivity index (χ3n) is 3.75. The lowest BCUT2D eigenvalue weighted by molar-refractivity contribution is -0.122. The van der Waals surface area contributed by atoms with Crippen molar-refractivity contribution >= 4 is 17.7 Å². The van der Waals surface area contributed by atoms with Crippen LogP contribution in [0.25, 0.3) is 0 Å². The van der Waals surface area contributed by atoms with E-state index in [0.29, 0.717) is 5.92 Å². The molecule has 1 unspecified atom stereocenters. The summed E-state index contributed by atoms with van der Waals surface area (Å²) in [5, 5.41) is 2.83. The Morgan fingerprint density at radius 1 is 1.45 bits per heavy atom. The van der Waals surface area contributed by atoms with Gasteiger partial charge in [-0.2, -0.15) is 0 Å². The highest BCUT2D eigenvalue weighted by molar-refractivity contribution is 6.21. The van der Waals surface area contributed by atoms with Gasteiger partial charge in [-0.1, -0.05) is 0 Å². The van der Waals surface area contributed by atoms with Crippen LogP contribution < -0.4 is 5.32 Å². The summed E-state index contributed by atoms with van der Waals surface area (Å²) in [5.74, 6) is -0.728. The highest BCUT2D eigenvalue weighted by atomic mass is 16.2. The van der Waals surface area contributed by atoms with Crippen LogP contribution in [-0.2, 0) is 4.79 Å². The van der Waals surface area contributed by atoms with Crippen molar-refractivity contribution in [3.05, 3.63) is 29.6 Å². The number of aromatic nitrogens is 1. The van der Waals surface area contributed by atoms with Gasteiger partial charge >= 0.3 is 0 Å². The number of imide groups is 1. The van der Waals surface area contributed by atoms with Gasteiger partial charge in [0.1, 0.15) is 12.2 Å². The van der Waals surface area contributed by atoms with Crippen LogP contribution in [0, 0.1) is 5.92 Å². The van der Waals surface area contributed by atoms with Gasteiger partial charge in [0, 0.05) is 12.2 Å². The Balaban J connectivity index is 1.68. The van der Waals surface area contributed by atoms with E-state index in [2.05, 4.69) is 10.3 Å². The molecule has 2 heterocycles. The van der Waals surface area contributed by atoms with Crippen molar-refractivity contribution < 1.29 is 14.4 Å². The SMILES string of the molecule is CC(NC(=O)CN1C(=O)c2cccnc2C1=O)C1CC1. The maximum absolute atomic E-state index is 12.1. The highest BCUT2D eigenvalue weighted by Gasteiger charge is 2.38. The molecule has 0 bridgehead atoms. The topological polar surface area (TPSA) is 79.4 Å². The highest BCUT2D eigenvalue weighted by Crippen LogP contribution is 2.32. The van der Waals surface area contributed by atoms with E-state index in [1.807, 2.05) is 6.92 Å². The number of carbonyl (C=O) groups excluding carboxylic acids is 3. The number of nitrogens with one attached hydrogen (secondary N) is 1. The number of hydrogen-bond acceptors (Lipinski definition) is 4. The molecule has 3 amide bonds. The molecule has 1 aromatic heterocycles. The summed E-state index contributed by atoms with van der Waals surface area (Å²) in [6.07, 6.45) is 3.71. The first-order valence-electron chi connectivity index (χ1n) is 6.68. The zero-order valence-electron chi connectivity index (χ0n) is 11.1. The fourth-order valence-corrected chi connectivity index (χ4v) is 2.41. The Morgan fingerprint density at radius 2 is 2.20 bits per heavy atom. The van der Waals surface area contributed by atoms with Gasteiger partial charge in [-0.3, -0.25) is 24.3 Å². The van der Waals surface area contributed by atoms with E-state index in [1.165, 1.54) is 6.20 Å². The van der Waals surface area contributed by atoms with Gasteiger partial charge in [-0.15, -0.1) is 0 Å². The van der Waals surface area contributed by atoms with Gasteiger partial charge < -0.3 is 5.32 Å². The van der Waals surface area contributed by atoms with E-state index in [0.717, 1.165) is 17.7 Å². The van der Waals surface area contributed by atoms with Gasteiger partial charge in [0.25, 0.3) is 11.8 Å². The van der Waals surface area contributed by atoms with Crippen molar-refractivity contribution in [1.29, 1.82) is 0 Å². The average molecular weight is 273 g/mol. The predicted octanol–water partition coefficient (Wildman–Crippen LogP) is 0.592. The van der Waals surface area contributed by atoms with Gasteiger partial charge in [0.05, 0.1) is 5.56 Å².